The summed E-state index contributed by atoms with van der Waals surface area (Å²) in [7, 11) is 0. The molecule has 0 aliphatic heterocycles. The summed E-state index contributed by atoms with van der Waals surface area (Å²) in [6.45, 7) is 5.91. The minimum Gasteiger partial charge on any atom is -0.327 e. The van der Waals surface area contributed by atoms with E-state index in [1.807, 2.05) is 20.8 Å². The first kappa shape index (κ1) is 11.9. The van der Waals surface area contributed by atoms with Crippen LogP contribution in [0.1, 0.15) is 27.2 Å². The van der Waals surface area contributed by atoms with Crippen molar-refractivity contribution in [1.29, 1.82) is 0 Å². The Morgan fingerprint density at radius 1 is 1.21 bits per heavy atom. The first-order chi connectivity index (χ1) is 6.21. The monoisotopic (exact) mass is 201 g/mol. The normalized spacial score (nSPS) is 34.1. The lowest BCUT2D eigenvalue weighted by atomic mass is 9.57. The maximum atomic E-state index is 5.96. The van der Waals surface area contributed by atoms with Gasteiger partial charge < -0.3 is 17.2 Å². The van der Waals surface area contributed by atoms with Crippen molar-refractivity contribution in [3.05, 3.63) is 0 Å². The number of nitrogens with two attached hydrogens (primary N) is 4. The Hall–Kier alpha value is -0.200. The molecule has 0 aromatic heterocycles. The maximum Gasteiger partial charge on any atom is 0.0663 e. The third-order valence-electron chi connectivity index (χ3n) is 3.86. The van der Waals surface area contributed by atoms with E-state index in [1.165, 1.54) is 0 Å². The Morgan fingerprint density at radius 2 is 1.71 bits per heavy atom. The molecule has 1 aliphatic rings. The van der Waals surface area contributed by atoms with Crippen molar-refractivity contribution in [3.8, 4) is 0 Å². The second-order valence-corrected chi connectivity index (χ2v) is 5.20. The van der Waals surface area contributed by atoms with Crippen LogP contribution in [0, 0.1) is 11.3 Å². The van der Waals surface area contributed by atoms with Gasteiger partial charge in [0.2, 0.25) is 0 Å². The van der Waals surface area contributed by atoms with Gasteiger partial charge in [0.05, 0.1) is 5.66 Å². The van der Waals surface area contributed by atoms with Crippen LogP contribution in [0.4, 0.5) is 0 Å². The molecular formula is C9H23N5. The van der Waals surface area contributed by atoms with Gasteiger partial charge in [0.1, 0.15) is 0 Å². The second-order valence-electron chi connectivity index (χ2n) is 5.20. The van der Waals surface area contributed by atoms with E-state index in [4.69, 9.17) is 23.0 Å². The van der Waals surface area contributed by atoms with Gasteiger partial charge in [-0.15, -0.1) is 0 Å². The summed E-state index contributed by atoms with van der Waals surface area (Å²) in [6, 6.07) is 0.365. The lowest BCUT2D eigenvalue weighted by molar-refractivity contribution is -0.00584. The average molecular weight is 201 g/mol. The largest absolute Gasteiger partial charge is 0.327 e. The van der Waals surface area contributed by atoms with Crippen LogP contribution in [-0.2, 0) is 0 Å². The molecule has 0 radical (unpaired) electrons. The van der Waals surface area contributed by atoms with Crippen LogP contribution in [0.3, 0.4) is 0 Å². The van der Waals surface area contributed by atoms with E-state index < -0.39 is 5.66 Å². The molecule has 5 heteroatoms. The van der Waals surface area contributed by atoms with Crippen molar-refractivity contribution >= 4 is 0 Å². The molecule has 0 saturated heterocycles. The zero-order valence-electron chi connectivity index (χ0n) is 9.25. The molecule has 1 fully saturated rings. The van der Waals surface area contributed by atoms with Crippen molar-refractivity contribution < 1.29 is 0 Å². The van der Waals surface area contributed by atoms with Crippen LogP contribution in [0.5, 0.6) is 0 Å². The lowest BCUT2D eigenvalue weighted by Gasteiger charge is -2.55. The first-order valence-corrected chi connectivity index (χ1v) is 5.01. The van der Waals surface area contributed by atoms with E-state index in [9.17, 15) is 0 Å². The highest BCUT2D eigenvalue weighted by Gasteiger charge is 2.52. The molecule has 84 valence electrons. The molecular weight excluding hydrogens is 178 g/mol. The maximum absolute atomic E-state index is 5.96. The fourth-order valence-corrected chi connectivity index (χ4v) is 2.26. The average Bonchev–Trinajstić information content (AvgIpc) is 1.96. The summed E-state index contributed by atoms with van der Waals surface area (Å²) < 4.78 is 0. The summed E-state index contributed by atoms with van der Waals surface area (Å²) in [5, 5.41) is 0. The van der Waals surface area contributed by atoms with Gasteiger partial charge in [-0.1, -0.05) is 13.8 Å². The highest BCUT2D eigenvalue weighted by Crippen LogP contribution is 2.44. The van der Waals surface area contributed by atoms with Crippen molar-refractivity contribution in [2.75, 3.05) is 0 Å². The smallest absolute Gasteiger partial charge is 0.0663 e. The Morgan fingerprint density at radius 3 is 2.00 bits per heavy atom. The molecule has 14 heavy (non-hydrogen) atoms. The van der Waals surface area contributed by atoms with Crippen LogP contribution in [0.15, 0.2) is 0 Å². The quantitative estimate of drug-likeness (QED) is 0.224. The van der Waals surface area contributed by atoms with Gasteiger partial charge in [0.15, 0.2) is 0 Å². The van der Waals surface area contributed by atoms with Gasteiger partial charge >= 0.3 is 0 Å². The van der Waals surface area contributed by atoms with E-state index in [0.29, 0.717) is 0 Å². The van der Waals surface area contributed by atoms with Crippen molar-refractivity contribution in [1.82, 2.24) is 5.43 Å². The Kier molecular flexibility index (Phi) is 2.91. The van der Waals surface area contributed by atoms with Crippen molar-refractivity contribution in [2.45, 2.75) is 44.9 Å². The Balaban J connectivity index is 2.81. The number of rotatable bonds is 3. The third kappa shape index (κ3) is 1.66. The Labute approximate surface area is 85.5 Å². The van der Waals surface area contributed by atoms with Crippen LogP contribution >= 0.6 is 0 Å². The topological polar surface area (TPSA) is 116 Å². The molecule has 0 aromatic rings. The third-order valence-corrected chi connectivity index (χ3v) is 3.86. The van der Waals surface area contributed by atoms with E-state index in [2.05, 4.69) is 5.43 Å². The molecule has 0 bridgehead atoms. The number of hydrazine groups is 1. The van der Waals surface area contributed by atoms with Gasteiger partial charge in [-0.3, -0.25) is 11.3 Å². The number of hydrogen-bond acceptors (Lipinski definition) is 5. The molecule has 0 spiro atoms. The van der Waals surface area contributed by atoms with Crippen LogP contribution in [-0.4, -0.2) is 17.7 Å². The molecule has 3 atom stereocenters. The van der Waals surface area contributed by atoms with E-state index in [0.717, 1.165) is 6.42 Å². The molecule has 0 heterocycles. The van der Waals surface area contributed by atoms with Gasteiger partial charge in [-0.25, -0.2) is 0 Å². The van der Waals surface area contributed by atoms with Gasteiger partial charge in [0.25, 0.3) is 0 Å². The Bertz CT molecular complexity index is 208. The highest BCUT2D eigenvalue weighted by molar-refractivity contribution is 5.08. The van der Waals surface area contributed by atoms with Crippen LogP contribution in [0.2, 0.25) is 0 Å². The van der Waals surface area contributed by atoms with Crippen molar-refractivity contribution in [3.63, 3.8) is 0 Å². The predicted molar refractivity (Wildman–Crippen MR) is 57.8 cm³/mol. The summed E-state index contributed by atoms with van der Waals surface area (Å²) in [5.41, 5.74) is 19.7. The predicted octanol–water partition coefficient (Wildman–Crippen LogP) is -1.17. The summed E-state index contributed by atoms with van der Waals surface area (Å²) in [4.78, 5) is 0. The standard InChI is InChI=1S/C9H23N5/c1-8(2,9(3,11)12)7-5(10)4-6(7)14-13/h5-7,14H,4,10-13H2,1-3H3. The highest BCUT2D eigenvalue weighted by atomic mass is 15.3. The molecule has 5 nitrogen and oxygen atoms in total. The van der Waals surface area contributed by atoms with E-state index in [1.54, 1.807) is 0 Å². The van der Waals surface area contributed by atoms with Crippen LogP contribution < -0.4 is 28.5 Å². The minimum atomic E-state index is -0.745. The van der Waals surface area contributed by atoms with E-state index in [-0.39, 0.29) is 23.4 Å². The molecule has 0 aromatic carbocycles. The molecule has 3 unspecified atom stereocenters. The second kappa shape index (κ2) is 3.43. The SMILES string of the molecule is CC(N)(N)C(C)(C)C1C(N)CC1NN. The van der Waals surface area contributed by atoms with Crippen molar-refractivity contribution in [2.24, 2.45) is 34.4 Å². The molecule has 1 rings (SSSR count). The summed E-state index contributed by atoms with van der Waals surface area (Å²) in [6.07, 6.45) is 0.890. The molecule has 0 amide bonds. The minimum absolute atomic E-state index is 0.137. The van der Waals surface area contributed by atoms with E-state index >= 15 is 0 Å². The zero-order valence-corrected chi connectivity index (χ0v) is 9.25. The first-order valence-electron chi connectivity index (χ1n) is 5.01. The summed E-state index contributed by atoms with van der Waals surface area (Å²) >= 11 is 0. The molecule has 9 N–H and O–H groups in total. The molecule has 1 aliphatic carbocycles. The summed E-state index contributed by atoms with van der Waals surface area (Å²) in [5.74, 6) is 5.67. The number of hydrogen-bond donors (Lipinski definition) is 5. The number of nitrogens with one attached hydrogen (secondary N) is 1. The zero-order chi connectivity index (χ0) is 11.1. The van der Waals surface area contributed by atoms with Gasteiger partial charge in [-0.05, 0) is 19.3 Å². The van der Waals surface area contributed by atoms with Crippen LogP contribution in [0.25, 0.3) is 0 Å². The van der Waals surface area contributed by atoms with Gasteiger partial charge in [0, 0.05) is 17.5 Å². The lowest BCUT2D eigenvalue weighted by Crippen LogP contribution is -2.72. The molecule has 1 saturated carbocycles. The van der Waals surface area contributed by atoms with Gasteiger partial charge in [-0.2, -0.15) is 0 Å². The fourth-order valence-electron chi connectivity index (χ4n) is 2.26. The fraction of sp³-hybridized carbons (Fsp3) is 1.00.